The lowest BCUT2D eigenvalue weighted by Crippen LogP contribution is -1.92. The van der Waals surface area contributed by atoms with Crippen LogP contribution in [0.1, 0.15) is 5.56 Å². The van der Waals surface area contributed by atoms with Crippen LogP contribution >= 0.6 is 11.8 Å². The largest absolute Gasteiger partial charge is 0.398 e. The molecule has 0 fully saturated rings. The molecule has 0 aliphatic heterocycles. The van der Waals surface area contributed by atoms with Crippen molar-refractivity contribution in [1.82, 2.24) is 0 Å². The number of nitrogens with two attached hydrogens (primary N) is 1. The molecule has 2 N–H and O–H groups in total. The van der Waals surface area contributed by atoms with E-state index in [0.717, 1.165) is 16.1 Å². The van der Waals surface area contributed by atoms with Crippen LogP contribution in [0.5, 0.6) is 0 Å². The summed E-state index contributed by atoms with van der Waals surface area (Å²) < 4.78 is 4.99. The maximum absolute atomic E-state index is 5.79. The van der Waals surface area contributed by atoms with Gasteiger partial charge in [-0.2, -0.15) is 0 Å². The van der Waals surface area contributed by atoms with E-state index in [-0.39, 0.29) is 0 Å². The topological polar surface area (TPSA) is 35.2 Å². The second-order valence-electron chi connectivity index (χ2n) is 2.51. The molecule has 0 bridgehead atoms. The fraction of sp³-hybridized carbons (Fsp3) is 0.333. The van der Waals surface area contributed by atoms with Crippen LogP contribution in [-0.2, 0) is 11.3 Å². The number of rotatable bonds is 3. The Kier molecular flexibility index (Phi) is 3.44. The first kappa shape index (κ1) is 9.42. The summed E-state index contributed by atoms with van der Waals surface area (Å²) in [6.07, 6.45) is 2.02. The van der Waals surface area contributed by atoms with Gasteiger partial charge in [0.25, 0.3) is 0 Å². The third kappa shape index (κ3) is 2.16. The molecule has 0 aliphatic rings. The molecule has 0 unspecified atom stereocenters. The van der Waals surface area contributed by atoms with Gasteiger partial charge in [-0.25, -0.2) is 0 Å². The van der Waals surface area contributed by atoms with Crippen LogP contribution in [0.2, 0.25) is 0 Å². The Morgan fingerprint density at radius 2 is 2.25 bits per heavy atom. The summed E-state index contributed by atoms with van der Waals surface area (Å²) in [4.78, 5) is 1.12. The highest BCUT2D eigenvalue weighted by atomic mass is 32.2. The molecule has 0 aliphatic carbocycles. The van der Waals surface area contributed by atoms with E-state index in [2.05, 4.69) is 0 Å². The van der Waals surface area contributed by atoms with Crippen molar-refractivity contribution in [3.05, 3.63) is 23.8 Å². The zero-order valence-electron chi connectivity index (χ0n) is 7.33. The highest BCUT2D eigenvalue weighted by molar-refractivity contribution is 7.98. The second kappa shape index (κ2) is 4.38. The normalized spacial score (nSPS) is 10.2. The monoisotopic (exact) mass is 183 g/mol. The van der Waals surface area contributed by atoms with Gasteiger partial charge in [0, 0.05) is 17.7 Å². The quantitative estimate of drug-likeness (QED) is 0.576. The molecule has 0 saturated carbocycles. The molecule has 0 radical (unpaired) electrons. The SMILES string of the molecule is COCc1ccc(SC)c(N)c1. The molecule has 0 heterocycles. The van der Waals surface area contributed by atoms with Gasteiger partial charge in [-0.3, -0.25) is 0 Å². The Labute approximate surface area is 77.1 Å². The standard InChI is InChI=1S/C9H13NOS/c1-11-6-7-3-4-9(12-2)8(10)5-7/h3-5H,6,10H2,1-2H3. The summed E-state index contributed by atoms with van der Waals surface area (Å²) >= 11 is 1.66. The van der Waals surface area contributed by atoms with Gasteiger partial charge >= 0.3 is 0 Å². The smallest absolute Gasteiger partial charge is 0.0713 e. The van der Waals surface area contributed by atoms with Gasteiger partial charge in [0.1, 0.15) is 0 Å². The molecule has 0 saturated heterocycles. The van der Waals surface area contributed by atoms with E-state index in [1.54, 1.807) is 18.9 Å². The highest BCUT2D eigenvalue weighted by Gasteiger charge is 1.98. The van der Waals surface area contributed by atoms with E-state index >= 15 is 0 Å². The number of thioether (sulfide) groups is 1. The molecular formula is C9H13NOS. The lowest BCUT2D eigenvalue weighted by atomic mass is 10.2. The first-order chi connectivity index (χ1) is 5.77. The lowest BCUT2D eigenvalue weighted by Gasteiger charge is -2.04. The fourth-order valence-electron chi connectivity index (χ4n) is 1.04. The van der Waals surface area contributed by atoms with Crippen LogP contribution in [-0.4, -0.2) is 13.4 Å². The highest BCUT2D eigenvalue weighted by Crippen LogP contribution is 2.23. The van der Waals surface area contributed by atoms with Gasteiger partial charge in [0.15, 0.2) is 0 Å². The number of ether oxygens (including phenoxy) is 1. The first-order valence-electron chi connectivity index (χ1n) is 3.69. The number of benzene rings is 1. The van der Waals surface area contributed by atoms with E-state index in [0.29, 0.717) is 6.61 Å². The molecule has 66 valence electrons. The van der Waals surface area contributed by atoms with Crippen molar-refractivity contribution in [3.63, 3.8) is 0 Å². The lowest BCUT2D eigenvalue weighted by molar-refractivity contribution is 0.185. The van der Waals surface area contributed by atoms with E-state index in [9.17, 15) is 0 Å². The molecule has 0 aromatic heterocycles. The Bertz CT molecular complexity index is 263. The van der Waals surface area contributed by atoms with E-state index < -0.39 is 0 Å². The minimum Gasteiger partial charge on any atom is -0.398 e. The molecule has 1 rings (SSSR count). The average molecular weight is 183 g/mol. The molecule has 12 heavy (non-hydrogen) atoms. The van der Waals surface area contributed by atoms with Crippen LogP contribution in [0.15, 0.2) is 23.1 Å². The zero-order valence-corrected chi connectivity index (χ0v) is 8.15. The van der Waals surface area contributed by atoms with Crippen molar-refractivity contribution in [3.8, 4) is 0 Å². The number of anilines is 1. The van der Waals surface area contributed by atoms with Crippen LogP contribution in [0.4, 0.5) is 5.69 Å². The molecule has 1 aromatic carbocycles. The van der Waals surface area contributed by atoms with Crippen molar-refractivity contribution in [2.45, 2.75) is 11.5 Å². The van der Waals surface area contributed by atoms with E-state index in [1.807, 2.05) is 24.5 Å². The summed E-state index contributed by atoms with van der Waals surface area (Å²) in [5, 5.41) is 0. The van der Waals surface area contributed by atoms with Crippen molar-refractivity contribution < 1.29 is 4.74 Å². The Balaban J connectivity index is 2.86. The summed E-state index contributed by atoms with van der Waals surface area (Å²) in [6.45, 7) is 0.624. The minimum absolute atomic E-state index is 0.624. The predicted octanol–water partition coefficient (Wildman–Crippen LogP) is 2.14. The number of hydrogen-bond donors (Lipinski definition) is 1. The second-order valence-corrected chi connectivity index (χ2v) is 3.36. The van der Waals surface area contributed by atoms with Gasteiger partial charge < -0.3 is 10.5 Å². The molecule has 2 nitrogen and oxygen atoms in total. The molecule has 0 amide bonds. The minimum atomic E-state index is 0.624. The van der Waals surface area contributed by atoms with E-state index in [4.69, 9.17) is 10.5 Å². The third-order valence-electron chi connectivity index (χ3n) is 1.61. The van der Waals surface area contributed by atoms with Gasteiger partial charge in [-0.1, -0.05) is 6.07 Å². The van der Waals surface area contributed by atoms with Gasteiger partial charge in [0.2, 0.25) is 0 Å². The summed E-state index contributed by atoms with van der Waals surface area (Å²) in [5.41, 5.74) is 7.73. The molecule has 1 aromatic rings. The maximum Gasteiger partial charge on any atom is 0.0713 e. The Morgan fingerprint density at radius 1 is 1.50 bits per heavy atom. The third-order valence-corrected chi connectivity index (χ3v) is 2.42. The van der Waals surface area contributed by atoms with Crippen molar-refractivity contribution in [2.24, 2.45) is 0 Å². The zero-order chi connectivity index (χ0) is 8.97. The summed E-state index contributed by atoms with van der Waals surface area (Å²) in [5.74, 6) is 0. The van der Waals surface area contributed by atoms with Crippen LogP contribution in [0, 0.1) is 0 Å². The number of nitrogen functional groups attached to an aromatic ring is 1. The molecule has 0 spiro atoms. The Morgan fingerprint density at radius 3 is 2.75 bits per heavy atom. The summed E-state index contributed by atoms with van der Waals surface area (Å²) in [7, 11) is 1.68. The first-order valence-corrected chi connectivity index (χ1v) is 4.91. The summed E-state index contributed by atoms with van der Waals surface area (Å²) in [6, 6.07) is 6.01. The molecule has 3 heteroatoms. The van der Waals surface area contributed by atoms with Crippen LogP contribution < -0.4 is 5.73 Å². The van der Waals surface area contributed by atoms with Crippen molar-refractivity contribution >= 4 is 17.4 Å². The van der Waals surface area contributed by atoms with Gasteiger partial charge in [0.05, 0.1) is 6.61 Å². The molecular weight excluding hydrogens is 170 g/mol. The van der Waals surface area contributed by atoms with Gasteiger partial charge in [-0.15, -0.1) is 11.8 Å². The Hall–Kier alpha value is -0.670. The van der Waals surface area contributed by atoms with Crippen molar-refractivity contribution in [1.29, 1.82) is 0 Å². The van der Waals surface area contributed by atoms with E-state index in [1.165, 1.54) is 0 Å². The fourth-order valence-corrected chi connectivity index (χ4v) is 1.54. The number of methoxy groups -OCH3 is 1. The average Bonchev–Trinajstić information content (AvgIpc) is 2.05. The predicted molar refractivity (Wildman–Crippen MR) is 53.3 cm³/mol. The van der Waals surface area contributed by atoms with Crippen LogP contribution in [0.25, 0.3) is 0 Å². The maximum atomic E-state index is 5.79. The van der Waals surface area contributed by atoms with Gasteiger partial charge in [-0.05, 0) is 24.0 Å². The number of hydrogen-bond acceptors (Lipinski definition) is 3. The van der Waals surface area contributed by atoms with Crippen molar-refractivity contribution in [2.75, 3.05) is 19.1 Å². The molecule has 0 atom stereocenters. The van der Waals surface area contributed by atoms with Crippen LogP contribution in [0.3, 0.4) is 0 Å².